The van der Waals surface area contributed by atoms with Gasteiger partial charge < -0.3 is 10.3 Å². The van der Waals surface area contributed by atoms with E-state index < -0.39 is 0 Å². The van der Waals surface area contributed by atoms with Crippen molar-refractivity contribution in [3.63, 3.8) is 0 Å². The van der Waals surface area contributed by atoms with Crippen molar-refractivity contribution in [2.75, 3.05) is 0 Å². The van der Waals surface area contributed by atoms with Crippen molar-refractivity contribution in [2.45, 2.75) is 52.0 Å². The fourth-order valence-electron chi connectivity index (χ4n) is 3.21. The van der Waals surface area contributed by atoms with E-state index in [1.54, 1.807) is 6.92 Å². The van der Waals surface area contributed by atoms with E-state index in [9.17, 15) is 9.59 Å². The molecule has 2 N–H and O–H groups in total. The number of amides is 1. The predicted molar refractivity (Wildman–Crippen MR) is 92.9 cm³/mol. The lowest BCUT2D eigenvalue weighted by Crippen LogP contribution is -2.30. The molecule has 5 nitrogen and oxygen atoms in total. The zero-order valence-corrected chi connectivity index (χ0v) is 14.2. The summed E-state index contributed by atoms with van der Waals surface area (Å²) in [5, 5.41) is 2.97. The summed E-state index contributed by atoms with van der Waals surface area (Å²) in [5.74, 6) is 0.378. The second-order valence-corrected chi connectivity index (χ2v) is 6.52. The number of hydrogen-bond acceptors (Lipinski definition) is 3. The number of H-pyrrole nitrogens is 1. The van der Waals surface area contributed by atoms with E-state index in [-0.39, 0.29) is 23.9 Å². The smallest absolute Gasteiger partial charge is 0.254 e. The van der Waals surface area contributed by atoms with E-state index in [1.807, 2.05) is 6.92 Å². The summed E-state index contributed by atoms with van der Waals surface area (Å²) in [5.41, 5.74) is 4.08. The highest BCUT2D eigenvalue weighted by molar-refractivity contribution is 5.78. The van der Waals surface area contributed by atoms with Crippen molar-refractivity contribution >= 4 is 5.91 Å². The summed E-state index contributed by atoms with van der Waals surface area (Å²) in [7, 11) is 0. The average Bonchev–Trinajstić information content (AvgIpc) is 2.57. The zero-order chi connectivity index (χ0) is 17.1. The first kappa shape index (κ1) is 16.4. The van der Waals surface area contributed by atoms with E-state index in [1.165, 1.54) is 30.2 Å². The van der Waals surface area contributed by atoms with Crippen molar-refractivity contribution in [3.8, 4) is 0 Å². The molecule has 126 valence electrons. The molecule has 0 unspecified atom stereocenters. The normalized spacial score (nSPS) is 14.8. The van der Waals surface area contributed by atoms with Crippen LogP contribution in [0.4, 0.5) is 0 Å². The Hall–Kier alpha value is -2.43. The van der Waals surface area contributed by atoms with Crippen LogP contribution >= 0.6 is 0 Å². The van der Waals surface area contributed by atoms with Gasteiger partial charge in [0.2, 0.25) is 5.91 Å². The maximum atomic E-state index is 12.2. The summed E-state index contributed by atoms with van der Waals surface area (Å²) in [6.07, 6.45) is 6.28. The fourth-order valence-corrected chi connectivity index (χ4v) is 3.21. The van der Waals surface area contributed by atoms with Crippen LogP contribution in [0.15, 0.2) is 29.2 Å². The minimum Gasteiger partial charge on any atom is -0.349 e. The molecule has 24 heavy (non-hydrogen) atoms. The van der Waals surface area contributed by atoms with Gasteiger partial charge >= 0.3 is 0 Å². The van der Waals surface area contributed by atoms with Gasteiger partial charge in [-0.1, -0.05) is 18.2 Å². The summed E-state index contributed by atoms with van der Waals surface area (Å²) in [6, 6.07) is 6.40. The molecule has 1 aliphatic rings. The molecule has 0 saturated carbocycles. The number of fused-ring (bicyclic) bond motifs is 1. The molecule has 1 aromatic heterocycles. The molecule has 1 amide bonds. The summed E-state index contributed by atoms with van der Waals surface area (Å²) in [6.45, 7) is 3.68. The van der Waals surface area contributed by atoms with E-state index in [0.717, 1.165) is 18.4 Å². The number of nitrogens with one attached hydrogen (secondary N) is 2. The second-order valence-electron chi connectivity index (χ2n) is 6.52. The Morgan fingerprint density at radius 3 is 2.79 bits per heavy atom. The summed E-state index contributed by atoms with van der Waals surface area (Å²) >= 11 is 0. The van der Waals surface area contributed by atoms with E-state index in [4.69, 9.17) is 0 Å². The minimum absolute atomic E-state index is 0.0396. The lowest BCUT2D eigenvalue weighted by atomic mass is 9.89. The third kappa shape index (κ3) is 3.72. The molecule has 0 bridgehead atoms. The Bertz CT molecular complexity index is 810. The highest BCUT2D eigenvalue weighted by Gasteiger charge is 2.15. The van der Waals surface area contributed by atoms with Crippen molar-refractivity contribution in [1.82, 2.24) is 15.3 Å². The number of benzene rings is 1. The predicted octanol–water partition coefficient (Wildman–Crippen LogP) is 2.38. The molecule has 1 atom stereocenters. The van der Waals surface area contributed by atoms with E-state index in [0.29, 0.717) is 11.4 Å². The molecule has 0 radical (unpaired) electrons. The van der Waals surface area contributed by atoms with Gasteiger partial charge in [0.25, 0.3) is 5.56 Å². The first-order chi connectivity index (χ1) is 11.5. The highest BCUT2D eigenvalue weighted by atomic mass is 16.2. The number of carbonyl (C=O) groups excluding carboxylic acids is 1. The highest BCUT2D eigenvalue weighted by Crippen LogP contribution is 2.24. The lowest BCUT2D eigenvalue weighted by Gasteiger charge is -2.20. The summed E-state index contributed by atoms with van der Waals surface area (Å²) < 4.78 is 0. The van der Waals surface area contributed by atoms with Crippen LogP contribution in [0.5, 0.6) is 0 Å². The SMILES string of the molecule is Cc1ncc(CC(=O)N[C@@H](C)c2ccc3c(c2)CCCC3)c(=O)[nH]1. The third-order valence-electron chi connectivity index (χ3n) is 4.60. The first-order valence-electron chi connectivity index (χ1n) is 8.49. The standard InChI is InChI=1S/C19H23N3O2/c1-12(15-8-7-14-5-3-4-6-16(14)9-15)21-18(23)10-17-11-20-13(2)22-19(17)24/h7-9,11-12H,3-6,10H2,1-2H3,(H,21,23)(H,20,22,24)/t12-/m0/s1. The van der Waals surface area contributed by atoms with Crippen LogP contribution in [0.25, 0.3) is 0 Å². The second kappa shape index (κ2) is 6.99. The zero-order valence-electron chi connectivity index (χ0n) is 14.2. The van der Waals surface area contributed by atoms with Crippen molar-refractivity contribution in [2.24, 2.45) is 0 Å². The van der Waals surface area contributed by atoms with Crippen molar-refractivity contribution in [3.05, 3.63) is 62.8 Å². The Kier molecular flexibility index (Phi) is 4.79. The molecule has 0 saturated heterocycles. The Morgan fingerprint density at radius 2 is 2.04 bits per heavy atom. The van der Waals surface area contributed by atoms with E-state index in [2.05, 4.69) is 33.5 Å². The molecule has 3 rings (SSSR count). The Labute approximate surface area is 141 Å². The molecule has 0 aliphatic heterocycles. The van der Waals surface area contributed by atoms with Crippen LogP contribution in [0, 0.1) is 6.92 Å². The van der Waals surface area contributed by atoms with Gasteiger partial charge in [-0.15, -0.1) is 0 Å². The number of rotatable bonds is 4. The number of nitrogens with zero attached hydrogens (tertiary/aromatic N) is 1. The van der Waals surface area contributed by atoms with Crippen LogP contribution in [0.2, 0.25) is 0 Å². The maximum absolute atomic E-state index is 12.2. The molecule has 0 fully saturated rings. The Balaban J connectivity index is 1.66. The number of hydrogen-bond donors (Lipinski definition) is 2. The molecule has 0 spiro atoms. The van der Waals surface area contributed by atoms with Gasteiger partial charge in [0.1, 0.15) is 5.82 Å². The van der Waals surface area contributed by atoms with Crippen molar-refractivity contribution in [1.29, 1.82) is 0 Å². The van der Waals surface area contributed by atoms with Crippen LogP contribution in [0.3, 0.4) is 0 Å². The van der Waals surface area contributed by atoms with E-state index >= 15 is 0 Å². The first-order valence-corrected chi connectivity index (χ1v) is 8.49. The average molecular weight is 325 g/mol. The maximum Gasteiger partial charge on any atom is 0.254 e. The minimum atomic E-state index is -0.251. The van der Waals surface area contributed by atoms with Crippen LogP contribution < -0.4 is 10.9 Å². The Morgan fingerprint density at radius 1 is 1.29 bits per heavy atom. The van der Waals surface area contributed by atoms with Crippen LogP contribution in [-0.4, -0.2) is 15.9 Å². The van der Waals surface area contributed by atoms with Gasteiger partial charge in [-0.05, 0) is 56.2 Å². The van der Waals surface area contributed by atoms with Gasteiger partial charge in [-0.25, -0.2) is 4.98 Å². The van der Waals surface area contributed by atoms with Gasteiger partial charge in [-0.3, -0.25) is 9.59 Å². The van der Waals surface area contributed by atoms with Crippen molar-refractivity contribution < 1.29 is 4.79 Å². The monoisotopic (exact) mass is 325 g/mol. The summed E-state index contributed by atoms with van der Waals surface area (Å²) in [4.78, 5) is 30.7. The van der Waals surface area contributed by atoms with Crippen LogP contribution in [0.1, 0.15) is 53.9 Å². The van der Waals surface area contributed by atoms with Crippen LogP contribution in [-0.2, 0) is 24.1 Å². The number of aromatic amines is 1. The molecule has 1 heterocycles. The molecular formula is C19H23N3O2. The third-order valence-corrected chi connectivity index (χ3v) is 4.60. The molecule has 5 heteroatoms. The quantitative estimate of drug-likeness (QED) is 0.906. The molecule has 2 aromatic rings. The fraction of sp³-hybridized carbons (Fsp3) is 0.421. The van der Waals surface area contributed by atoms with Gasteiger partial charge in [0.15, 0.2) is 0 Å². The molecule has 1 aliphatic carbocycles. The molecular weight excluding hydrogens is 302 g/mol. The number of aromatic nitrogens is 2. The topological polar surface area (TPSA) is 74.8 Å². The van der Waals surface area contributed by atoms with Gasteiger partial charge in [0.05, 0.1) is 12.5 Å². The number of carbonyl (C=O) groups is 1. The number of aryl methyl sites for hydroxylation is 3. The largest absolute Gasteiger partial charge is 0.349 e. The lowest BCUT2D eigenvalue weighted by molar-refractivity contribution is -0.121. The van der Waals surface area contributed by atoms with Gasteiger partial charge in [0, 0.05) is 11.8 Å². The van der Waals surface area contributed by atoms with Gasteiger partial charge in [-0.2, -0.15) is 0 Å². The molecule has 1 aromatic carbocycles.